The van der Waals surface area contributed by atoms with Crippen LogP contribution in [-0.4, -0.2) is 16.7 Å². The molecule has 0 unspecified atom stereocenters. The molecular weight excluding hydrogens is 202 g/mol. The van der Waals surface area contributed by atoms with Crippen LogP contribution in [0.5, 0.6) is 0 Å². The zero-order valence-electron chi connectivity index (χ0n) is 8.38. The summed E-state index contributed by atoms with van der Waals surface area (Å²) < 4.78 is 4.94. The summed E-state index contributed by atoms with van der Waals surface area (Å²) >= 11 is 5.54. The van der Waals surface area contributed by atoms with Crippen LogP contribution in [-0.2, 0) is 5.88 Å². The second-order valence-corrected chi connectivity index (χ2v) is 3.20. The first-order valence-electron chi connectivity index (χ1n) is 4.57. The lowest BCUT2D eigenvalue weighted by molar-refractivity contribution is 0.404. The van der Waals surface area contributed by atoms with Gasteiger partial charge >= 0.3 is 0 Å². The van der Waals surface area contributed by atoms with E-state index in [1.54, 1.807) is 6.08 Å². The maximum atomic E-state index is 5.54. The molecule has 78 valence electrons. The summed E-state index contributed by atoms with van der Waals surface area (Å²) in [5.41, 5.74) is 1.01. The largest absolute Gasteiger partial charge is 0.388 e. The van der Waals surface area contributed by atoms with Crippen LogP contribution >= 0.6 is 11.6 Å². The number of hydrogen-bond acceptors (Lipinski definition) is 4. The third kappa shape index (κ3) is 3.38. The van der Waals surface area contributed by atoms with E-state index in [4.69, 9.17) is 16.1 Å². The van der Waals surface area contributed by atoms with Gasteiger partial charge in [0.25, 0.3) is 5.89 Å². The summed E-state index contributed by atoms with van der Waals surface area (Å²) in [5, 5.41) is 6.89. The minimum atomic E-state index is 0.277. The number of alkyl halides is 1. The molecule has 5 heteroatoms. The molecule has 4 nitrogen and oxygen atoms in total. The van der Waals surface area contributed by atoms with Crippen molar-refractivity contribution >= 4 is 17.7 Å². The van der Waals surface area contributed by atoms with Gasteiger partial charge in [-0.25, -0.2) is 0 Å². The fourth-order valence-electron chi connectivity index (χ4n) is 0.939. The third-order valence-corrected chi connectivity index (χ3v) is 1.84. The molecule has 0 aliphatic rings. The summed E-state index contributed by atoms with van der Waals surface area (Å²) in [6.45, 7) is 5.01. The molecular formula is C9H14ClN3O. The van der Waals surface area contributed by atoms with Crippen molar-refractivity contribution in [1.82, 2.24) is 15.5 Å². The summed E-state index contributed by atoms with van der Waals surface area (Å²) in [5.74, 6) is 1.28. The van der Waals surface area contributed by atoms with Crippen molar-refractivity contribution in [3.8, 4) is 0 Å². The Morgan fingerprint density at radius 2 is 2.43 bits per heavy atom. The van der Waals surface area contributed by atoms with E-state index in [0.717, 1.165) is 18.7 Å². The molecule has 0 aromatic carbocycles. The molecule has 1 aromatic rings. The van der Waals surface area contributed by atoms with Crippen molar-refractivity contribution in [1.29, 1.82) is 0 Å². The topological polar surface area (TPSA) is 51.0 Å². The van der Waals surface area contributed by atoms with Gasteiger partial charge in [0.1, 0.15) is 0 Å². The highest BCUT2D eigenvalue weighted by molar-refractivity contribution is 6.16. The third-order valence-electron chi connectivity index (χ3n) is 1.60. The molecule has 0 radical (unpaired) electrons. The predicted molar refractivity (Wildman–Crippen MR) is 55.8 cm³/mol. The van der Waals surface area contributed by atoms with E-state index >= 15 is 0 Å². The standard InChI is InChI=1S/C9H14ClN3O/c1-3-4-11-7(2)5-9-12-8(6-10)13-14-9/h5,11H,3-4,6H2,1-2H3/b7-5+. The number of nitrogens with zero attached hydrogens (tertiary/aromatic N) is 2. The fourth-order valence-corrected chi connectivity index (χ4v) is 1.05. The average Bonchev–Trinajstić information content (AvgIpc) is 2.62. The first kappa shape index (κ1) is 11.0. The van der Waals surface area contributed by atoms with Crippen LogP contribution in [0.3, 0.4) is 0 Å². The summed E-state index contributed by atoms with van der Waals surface area (Å²) in [7, 11) is 0. The molecule has 0 aliphatic carbocycles. The Morgan fingerprint density at radius 1 is 1.64 bits per heavy atom. The Hall–Kier alpha value is -1.03. The van der Waals surface area contributed by atoms with Crippen molar-refractivity contribution in [2.75, 3.05) is 6.54 Å². The second kappa shape index (κ2) is 5.65. The average molecular weight is 216 g/mol. The molecule has 14 heavy (non-hydrogen) atoms. The Labute approximate surface area is 88.3 Å². The van der Waals surface area contributed by atoms with Crippen molar-refractivity contribution in [3.63, 3.8) is 0 Å². The maximum absolute atomic E-state index is 5.54. The van der Waals surface area contributed by atoms with Gasteiger partial charge in [0.15, 0.2) is 5.82 Å². The lowest BCUT2D eigenvalue weighted by Crippen LogP contribution is -2.11. The minimum Gasteiger partial charge on any atom is -0.388 e. The number of allylic oxidation sites excluding steroid dienone is 1. The van der Waals surface area contributed by atoms with Crippen LogP contribution in [0.4, 0.5) is 0 Å². The summed E-state index contributed by atoms with van der Waals surface area (Å²) in [4.78, 5) is 4.05. The lowest BCUT2D eigenvalue weighted by Gasteiger charge is -2.01. The van der Waals surface area contributed by atoms with E-state index in [1.165, 1.54) is 0 Å². The van der Waals surface area contributed by atoms with Gasteiger partial charge < -0.3 is 9.84 Å². The zero-order valence-corrected chi connectivity index (χ0v) is 9.14. The molecule has 0 atom stereocenters. The molecule has 0 aliphatic heterocycles. The number of rotatable bonds is 5. The molecule has 1 N–H and O–H groups in total. The van der Waals surface area contributed by atoms with E-state index in [-0.39, 0.29) is 5.88 Å². The molecule has 0 amide bonds. The zero-order chi connectivity index (χ0) is 10.4. The van der Waals surface area contributed by atoms with E-state index in [2.05, 4.69) is 22.4 Å². The van der Waals surface area contributed by atoms with Crippen LogP contribution < -0.4 is 5.32 Å². The molecule has 0 saturated carbocycles. The first-order valence-corrected chi connectivity index (χ1v) is 5.10. The van der Waals surface area contributed by atoms with Crippen LogP contribution in [0, 0.1) is 0 Å². The molecule has 1 heterocycles. The van der Waals surface area contributed by atoms with Gasteiger partial charge in [0, 0.05) is 18.3 Å². The van der Waals surface area contributed by atoms with Crippen molar-refractivity contribution in [2.45, 2.75) is 26.1 Å². The molecule has 1 rings (SSSR count). The number of nitrogens with one attached hydrogen (secondary N) is 1. The van der Waals surface area contributed by atoms with Gasteiger partial charge in [0.05, 0.1) is 5.88 Å². The van der Waals surface area contributed by atoms with Crippen LogP contribution in [0.2, 0.25) is 0 Å². The minimum absolute atomic E-state index is 0.277. The SMILES string of the molecule is CCCN/C(C)=C/c1nc(CCl)no1. The van der Waals surface area contributed by atoms with Gasteiger partial charge in [-0.15, -0.1) is 11.6 Å². The molecule has 0 fully saturated rings. The Bertz CT molecular complexity index is 309. The van der Waals surface area contributed by atoms with Gasteiger partial charge in [-0.1, -0.05) is 12.1 Å². The number of aromatic nitrogens is 2. The van der Waals surface area contributed by atoms with Gasteiger partial charge in [0.2, 0.25) is 0 Å². The monoisotopic (exact) mass is 215 g/mol. The summed E-state index contributed by atoms with van der Waals surface area (Å²) in [6.07, 6.45) is 2.89. The normalized spacial score (nSPS) is 11.8. The Morgan fingerprint density at radius 3 is 3.00 bits per heavy atom. The predicted octanol–water partition coefficient (Wildman–Crippen LogP) is 2.17. The second-order valence-electron chi connectivity index (χ2n) is 2.94. The molecule has 1 aromatic heterocycles. The highest BCUT2D eigenvalue weighted by atomic mass is 35.5. The van der Waals surface area contributed by atoms with E-state index < -0.39 is 0 Å². The highest BCUT2D eigenvalue weighted by Crippen LogP contribution is 2.04. The number of hydrogen-bond donors (Lipinski definition) is 1. The van der Waals surface area contributed by atoms with Crippen LogP contribution in [0.25, 0.3) is 6.08 Å². The fraction of sp³-hybridized carbons (Fsp3) is 0.556. The quantitative estimate of drug-likeness (QED) is 0.765. The molecule has 0 spiro atoms. The maximum Gasteiger partial charge on any atom is 0.252 e. The van der Waals surface area contributed by atoms with E-state index in [9.17, 15) is 0 Å². The van der Waals surface area contributed by atoms with E-state index in [0.29, 0.717) is 11.7 Å². The Balaban J connectivity index is 2.56. The van der Waals surface area contributed by atoms with Crippen LogP contribution in [0.15, 0.2) is 10.2 Å². The van der Waals surface area contributed by atoms with Gasteiger partial charge in [-0.2, -0.15) is 4.98 Å². The van der Waals surface area contributed by atoms with Crippen molar-refractivity contribution < 1.29 is 4.52 Å². The highest BCUT2D eigenvalue weighted by Gasteiger charge is 2.01. The van der Waals surface area contributed by atoms with Crippen molar-refractivity contribution in [3.05, 3.63) is 17.4 Å². The summed E-state index contributed by atoms with van der Waals surface area (Å²) in [6, 6.07) is 0. The molecule has 0 saturated heterocycles. The number of halogens is 1. The van der Waals surface area contributed by atoms with Crippen LogP contribution in [0.1, 0.15) is 32.0 Å². The first-order chi connectivity index (χ1) is 6.76. The lowest BCUT2D eigenvalue weighted by atomic mass is 10.4. The van der Waals surface area contributed by atoms with Gasteiger partial charge in [-0.3, -0.25) is 0 Å². The smallest absolute Gasteiger partial charge is 0.252 e. The molecule has 0 bridgehead atoms. The van der Waals surface area contributed by atoms with Crippen molar-refractivity contribution in [2.24, 2.45) is 0 Å². The Kier molecular flexibility index (Phi) is 4.46. The van der Waals surface area contributed by atoms with E-state index in [1.807, 2.05) is 6.92 Å². The van der Waals surface area contributed by atoms with Gasteiger partial charge in [-0.05, 0) is 13.3 Å².